The monoisotopic (exact) mass is 220 g/mol. The number of nitrogens with one attached hydrogen (secondary N) is 1. The van der Waals surface area contributed by atoms with E-state index >= 15 is 0 Å². The molecule has 16 heavy (non-hydrogen) atoms. The zero-order valence-electron chi connectivity index (χ0n) is 10.9. The molecule has 1 heterocycles. The highest BCUT2D eigenvalue weighted by molar-refractivity contribution is 5.14. The molecule has 2 nitrogen and oxygen atoms in total. The Bertz CT molecular complexity index is 280. The van der Waals surface area contributed by atoms with E-state index in [9.17, 15) is 0 Å². The van der Waals surface area contributed by atoms with Crippen molar-refractivity contribution < 1.29 is 0 Å². The average molecular weight is 220 g/mol. The average Bonchev–Trinajstić information content (AvgIpc) is 2.31. The van der Waals surface area contributed by atoms with Crippen LogP contribution in [0.3, 0.4) is 0 Å². The quantitative estimate of drug-likeness (QED) is 0.793. The van der Waals surface area contributed by atoms with Gasteiger partial charge in [0.2, 0.25) is 0 Å². The van der Waals surface area contributed by atoms with Crippen LogP contribution in [0.5, 0.6) is 0 Å². The molecule has 0 spiro atoms. The van der Waals surface area contributed by atoms with E-state index in [0.717, 1.165) is 5.92 Å². The van der Waals surface area contributed by atoms with Gasteiger partial charge in [-0.05, 0) is 37.5 Å². The van der Waals surface area contributed by atoms with Gasteiger partial charge >= 0.3 is 0 Å². The predicted molar refractivity (Wildman–Crippen MR) is 69.3 cm³/mol. The van der Waals surface area contributed by atoms with E-state index in [4.69, 9.17) is 0 Å². The Hall–Kier alpha value is -0.890. The van der Waals surface area contributed by atoms with Gasteiger partial charge in [-0.2, -0.15) is 0 Å². The molecule has 0 aliphatic heterocycles. The SMILES string of the molecule is CCC(CC)C(C)NC(C)c1ccncc1. The van der Waals surface area contributed by atoms with Crippen LogP contribution in [-0.2, 0) is 0 Å². The number of nitrogens with zero attached hydrogens (tertiary/aromatic N) is 1. The van der Waals surface area contributed by atoms with E-state index in [1.807, 2.05) is 12.4 Å². The second kappa shape index (κ2) is 6.64. The van der Waals surface area contributed by atoms with Crippen molar-refractivity contribution in [1.29, 1.82) is 0 Å². The maximum absolute atomic E-state index is 4.05. The van der Waals surface area contributed by atoms with Gasteiger partial charge in [0.1, 0.15) is 0 Å². The molecule has 0 amide bonds. The zero-order chi connectivity index (χ0) is 12.0. The Morgan fingerprint density at radius 2 is 1.69 bits per heavy atom. The van der Waals surface area contributed by atoms with E-state index in [-0.39, 0.29) is 0 Å². The third-order valence-electron chi connectivity index (χ3n) is 3.47. The van der Waals surface area contributed by atoms with Crippen LogP contribution in [0.2, 0.25) is 0 Å². The number of rotatable bonds is 6. The smallest absolute Gasteiger partial charge is 0.0295 e. The fourth-order valence-corrected chi connectivity index (χ4v) is 2.27. The van der Waals surface area contributed by atoms with Crippen molar-refractivity contribution in [2.45, 2.75) is 52.6 Å². The van der Waals surface area contributed by atoms with Crippen LogP contribution in [0.4, 0.5) is 0 Å². The first kappa shape index (κ1) is 13.2. The molecular weight excluding hydrogens is 196 g/mol. The van der Waals surface area contributed by atoms with Crippen molar-refractivity contribution in [3.05, 3.63) is 30.1 Å². The van der Waals surface area contributed by atoms with E-state index in [2.05, 4.69) is 50.1 Å². The third-order valence-corrected chi connectivity index (χ3v) is 3.47. The van der Waals surface area contributed by atoms with Crippen molar-refractivity contribution in [1.82, 2.24) is 10.3 Å². The van der Waals surface area contributed by atoms with E-state index in [1.54, 1.807) is 0 Å². The van der Waals surface area contributed by atoms with Crippen LogP contribution in [0.25, 0.3) is 0 Å². The number of hydrogen-bond donors (Lipinski definition) is 1. The molecule has 0 aromatic carbocycles. The van der Waals surface area contributed by atoms with Gasteiger partial charge in [-0.25, -0.2) is 0 Å². The lowest BCUT2D eigenvalue weighted by Crippen LogP contribution is -2.34. The summed E-state index contributed by atoms with van der Waals surface area (Å²) in [6.45, 7) is 9.04. The molecule has 2 heteroatoms. The molecule has 1 N–H and O–H groups in total. The van der Waals surface area contributed by atoms with Crippen LogP contribution in [0, 0.1) is 5.92 Å². The van der Waals surface area contributed by atoms with Crippen molar-refractivity contribution in [3.8, 4) is 0 Å². The van der Waals surface area contributed by atoms with Crippen LogP contribution < -0.4 is 5.32 Å². The lowest BCUT2D eigenvalue weighted by Gasteiger charge is -2.26. The van der Waals surface area contributed by atoms with Crippen molar-refractivity contribution >= 4 is 0 Å². The summed E-state index contributed by atoms with van der Waals surface area (Å²) in [7, 11) is 0. The molecule has 0 saturated carbocycles. The van der Waals surface area contributed by atoms with Crippen LogP contribution in [-0.4, -0.2) is 11.0 Å². The van der Waals surface area contributed by atoms with Gasteiger partial charge < -0.3 is 5.32 Å². The van der Waals surface area contributed by atoms with Gasteiger partial charge in [0, 0.05) is 24.5 Å². The molecule has 1 aromatic rings. The van der Waals surface area contributed by atoms with Crippen molar-refractivity contribution in [3.63, 3.8) is 0 Å². The highest BCUT2D eigenvalue weighted by atomic mass is 14.9. The van der Waals surface area contributed by atoms with Crippen molar-refractivity contribution in [2.75, 3.05) is 0 Å². The Kier molecular flexibility index (Phi) is 5.47. The summed E-state index contributed by atoms with van der Waals surface area (Å²) in [4.78, 5) is 4.05. The summed E-state index contributed by atoms with van der Waals surface area (Å²) in [5.41, 5.74) is 1.31. The Morgan fingerprint density at radius 3 is 2.19 bits per heavy atom. The first-order valence-corrected chi connectivity index (χ1v) is 6.35. The fourth-order valence-electron chi connectivity index (χ4n) is 2.27. The van der Waals surface area contributed by atoms with E-state index in [0.29, 0.717) is 12.1 Å². The van der Waals surface area contributed by atoms with Gasteiger partial charge in [0.15, 0.2) is 0 Å². The Morgan fingerprint density at radius 1 is 1.12 bits per heavy atom. The predicted octanol–water partition coefficient (Wildman–Crippen LogP) is 3.56. The summed E-state index contributed by atoms with van der Waals surface area (Å²) >= 11 is 0. The number of aromatic nitrogens is 1. The summed E-state index contributed by atoms with van der Waals surface area (Å²) in [6, 6.07) is 5.13. The molecule has 0 aliphatic rings. The molecule has 0 fully saturated rings. The third kappa shape index (κ3) is 3.60. The minimum atomic E-state index is 0.401. The maximum Gasteiger partial charge on any atom is 0.0295 e. The van der Waals surface area contributed by atoms with Crippen molar-refractivity contribution in [2.24, 2.45) is 5.92 Å². The van der Waals surface area contributed by atoms with E-state index in [1.165, 1.54) is 18.4 Å². The largest absolute Gasteiger partial charge is 0.307 e. The van der Waals surface area contributed by atoms with Crippen LogP contribution >= 0.6 is 0 Å². The summed E-state index contributed by atoms with van der Waals surface area (Å²) in [6.07, 6.45) is 6.20. The normalized spacial score (nSPS) is 15.1. The molecule has 1 aromatic heterocycles. The first-order valence-electron chi connectivity index (χ1n) is 6.35. The second-order valence-corrected chi connectivity index (χ2v) is 4.53. The highest BCUT2D eigenvalue weighted by Crippen LogP contribution is 2.17. The second-order valence-electron chi connectivity index (χ2n) is 4.53. The molecule has 0 aliphatic carbocycles. The Labute approximate surface area is 99.5 Å². The minimum absolute atomic E-state index is 0.401. The van der Waals surface area contributed by atoms with Gasteiger partial charge in [0.05, 0.1) is 0 Å². The molecule has 1 rings (SSSR count). The summed E-state index contributed by atoms with van der Waals surface area (Å²) < 4.78 is 0. The molecule has 0 saturated heterocycles. The zero-order valence-corrected chi connectivity index (χ0v) is 10.9. The van der Waals surface area contributed by atoms with Crippen LogP contribution in [0.15, 0.2) is 24.5 Å². The van der Waals surface area contributed by atoms with E-state index < -0.39 is 0 Å². The molecule has 2 unspecified atom stereocenters. The van der Waals surface area contributed by atoms with Gasteiger partial charge in [-0.1, -0.05) is 26.7 Å². The molecule has 0 radical (unpaired) electrons. The Balaban J connectivity index is 2.54. The first-order chi connectivity index (χ1) is 7.69. The molecule has 2 atom stereocenters. The minimum Gasteiger partial charge on any atom is -0.307 e. The summed E-state index contributed by atoms with van der Waals surface area (Å²) in [5.74, 6) is 0.768. The number of hydrogen-bond acceptors (Lipinski definition) is 2. The van der Waals surface area contributed by atoms with Gasteiger partial charge in [0.25, 0.3) is 0 Å². The fraction of sp³-hybridized carbons (Fsp3) is 0.643. The molecular formula is C14H24N2. The standard InChI is InChI=1S/C14H24N2/c1-5-13(6-2)11(3)16-12(4)14-7-9-15-10-8-14/h7-13,16H,5-6H2,1-4H3. The summed E-state index contributed by atoms with van der Waals surface area (Å²) in [5, 5.41) is 3.67. The van der Waals surface area contributed by atoms with Gasteiger partial charge in [-0.3, -0.25) is 4.98 Å². The maximum atomic E-state index is 4.05. The lowest BCUT2D eigenvalue weighted by atomic mass is 9.94. The topological polar surface area (TPSA) is 24.9 Å². The molecule has 0 bridgehead atoms. The number of pyridine rings is 1. The lowest BCUT2D eigenvalue weighted by molar-refractivity contribution is 0.330. The highest BCUT2D eigenvalue weighted by Gasteiger charge is 2.15. The molecule has 90 valence electrons. The van der Waals surface area contributed by atoms with Gasteiger partial charge in [-0.15, -0.1) is 0 Å². The van der Waals surface area contributed by atoms with Crippen LogP contribution in [0.1, 0.15) is 52.1 Å².